The number of sulfonamides is 1. The van der Waals surface area contributed by atoms with Crippen LogP contribution in [-0.2, 0) is 15.8 Å². The van der Waals surface area contributed by atoms with Gasteiger partial charge in [0.15, 0.2) is 0 Å². The molecule has 0 atom stereocenters. The molecule has 0 aliphatic carbocycles. The van der Waals surface area contributed by atoms with Gasteiger partial charge in [-0.15, -0.1) is 0 Å². The molecule has 0 N–H and O–H groups in total. The highest BCUT2D eigenvalue weighted by atomic mass is 35.5. The maximum absolute atomic E-state index is 12.6. The lowest BCUT2D eigenvalue weighted by molar-refractivity contribution is 0.593. The van der Waals surface area contributed by atoms with E-state index in [0.29, 0.717) is 16.3 Å². The van der Waals surface area contributed by atoms with Crippen LogP contribution in [0.25, 0.3) is 0 Å². The summed E-state index contributed by atoms with van der Waals surface area (Å²) in [4.78, 5) is 2.32. The summed E-state index contributed by atoms with van der Waals surface area (Å²) >= 11 is 5.94. The molecule has 3 rings (SSSR count). The molecule has 1 aliphatic rings. The van der Waals surface area contributed by atoms with Crippen LogP contribution in [0.5, 0.6) is 0 Å². The molecule has 0 unspecified atom stereocenters. The van der Waals surface area contributed by atoms with Crippen LogP contribution in [-0.4, -0.2) is 28.6 Å². The monoisotopic (exact) mass is 364 g/mol. The molecule has 0 saturated carbocycles. The van der Waals surface area contributed by atoms with Gasteiger partial charge < -0.3 is 4.90 Å². The van der Waals surface area contributed by atoms with Crippen molar-refractivity contribution in [2.45, 2.75) is 18.6 Å². The van der Waals surface area contributed by atoms with Crippen LogP contribution >= 0.6 is 11.6 Å². The molecule has 1 aliphatic heterocycles. The number of benzene rings is 2. The minimum absolute atomic E-state index is 0.0715. The summed E-state index contributed by atoms with van der Waals surface area (Å²) in [6.07, 6.45) is 2.44. The van der Waals surface area contributed by atoms with E-state index in [1.807, 2.05) is 24.3 Å². The van der Waals surface area contributed by atoms with Gasteiger partial charge in [0, 0.05) is 30.8 Å². The summed E-state index contributed by atoms with van der Waals surface area (Å²) in [5.41, 5.74) is 2.50. The van der Waals surface area contributed by atoms with Crippen LogP contribution in [0.1, 0.15) is 18.4 Å². The van der Waals surface area contributed by atoms with Crippen molar-refractivity contribution in [3.05, 3.63) is 59.1 Å². The van der Waals surface area contributed by atoms with Gasteiger partial charge in [-0.25, -0.2) is 8.42 Å². The molecule has 0 bridgehead atoms. The maximum Gasteiger partial charge on any atom is 0.239 e. The van der Waals surface area contributed by atoms with Crippen molar-refractivity contribution >= 4 is 33.0 Å². The average Bonchev–Trinajstić information content (AvgIpc) is 3.08. The molecule has 128 valence electrons. The van der Waals surface area contributed by atoms with E-state index in [0.717, 1.165) is 18.8 Å². The molecule has 1 heterocycles. The van der Waals surface area contributed by atoms with Crippen molar-refractivity contribution in [3.63, 3.8) is 0 Å². The number of nitrogens with zero attached hydrogens (tertiary/aromatic N) is 2. The van der Waals surface area contributed by atoms with E-state index in [9.17, 15) is 8.42 Å². The fourth-order valence-corrected chi connectivity index (χ4v) is 4.39. The zero-order valence-electron chi connectivity index (χ0n) is 13.7. The van der Waals surface area contributed by atoms with Crippen molar-refractivity contribution in [2.24, 2.45) is 0 Å². The van der Waals surface area contributed by atoms with Gasteiger partial charge in [-0.2, -0.15) is 0 Å². The highest BCUT2D eigenvalue weighted by molar-refractivity contribution is 7.92. The first kappa shape index (κ1) is 17.1. The van der Waals surface area contributed by atoms with Gasteiger partial charge in [0.05, 0.1) is 11.4 Å². The standard InChI is InChI=1S/C18H21ClN2O2S/c1-20(24(22,23)14-15-5-4-6-16(19)13-15)17-7-9-18(10-8-17)21-11-2-3-12-21/h4-10,13H,2-3,11-12,14H2,1H3. The van der Waals surface area contributed by atoms with Crippen molar-refractivity contribution in [1.29, 1.82) is 0 Å². The summed E-state index contributed by atoms with van der Waals surface area (Å²) in [7, 11) is -1.87. The van der Waals surface area contributed by atoms with Crippen LogP contribution in [0.3, 0.4) is 0 Å². The number of hydrogen-bond acceptors (Lipinski definition) is 3. The Hall–Kier alpha value is -1.72. The maximum atomic E-state index is 12.6. The van der Waals surface area contributed by atoms with Crippen LogP contribution in [0.15, 0.2) is 48.5 Å². The Morgan fingerprint density at radius 2 is 1.75 bits per heavy atom. The zero-order chi connectivity index (χ0) is 17.2. The highest BCUT2D eigenvalue weighted by Crippen LogP contribution is 2.25. The molecule has 0 amide bonds. The minimum atomic E-state index is -3.45. The van der Waals surface area contributed by atoms with Crippen LogP contribution in [0, 0.1) is 0 Å². The molecule has 0 spiro atoms. The van der Waals surface area contributed by atoms with E-state index in [1.54, 1.807) is 31.3 Å². The van der Waals surface area contributed by atoms with Gasteiger partial charge >= 0.3 is 0 Å². The van der Waals surface area contributed by atoms with E-state index >= 15 is 0 Å². The second kappa shape index (κ2) is 7.03. The van der Waals surface area contributed by atoms with Gasteiger partial charge in [-0.05, 0) is 54.8 Å². The number of hydrogen-bond donors (Lipinski definition) is 0. The Morgan fingerprint density at radius 1 is 1.08 bits per heavy atom. The summed E-state index contributed by atoms with van der Waals surface area (Å²) in [5.74, 6) is -0.0715. The molecule has 24 heavy (non-hydrogen) atoms. The Bertz CT molecular complexity index is 800. The summed E-state index contributed by atoms with van der Waals surface area (Å²) in [6.45, 7) is 2.14. The molecule has 0 radical (unpaired) electrons. The second-order valence-electron chi connectivity index (χ2n) is 6.06. The third-order valence-electron chi connectivity index (χ3n) is 4.34. The fraction of sp³-hybridized carbons (Fsp3) is 0.333. The van der Waals surface area contributed by atoms with Gasteiger partial charge in [-0.1, -0.05) is 23.7 Å². The van der Waals surface area contributed by atoms with E-state index in [4.69, 9.17) is 11.6 Å². The topological polar surface area (TPSA) is 40.6 Å². The molecular weight excluding hydrogens is 344 g/mol. The van der Waals surface area contributed by atoms with Gasteiger partial charge in [0.25, 0.3) is 0 Å². The van der Waals surface area contributed by atoms with Crippen LogP contribution < -0.4 is 9.21 Å². The van der Waals surface area contributed by atoms with Crippen molar-refractivity contribution < 1.29 is 8.42 Å². The van der Waals surface area contributed by atoms with E-state index in [1.165, 1.54) is 17.1 Å². The van der Waals surface area contributed by atoms with E-state index < -0.39 is 10.0 Å². The van der Waals surface area contributed by atoms with Crippen LogP contribution in [0.2, 0.25) is 5.02 Å². The first-order valence-corrected chi connectivity index (χ1v) is 10.0. The van der Waals surface area contributed by atoms with E-state index in [-0.39, 0.29) is 5.75 Å². The minimum Gasteiger partial charge on any atom is -0.372 e. The summed E-state index contributed by atoms with van der Waals surface area (Å²) in [5, 5.41) is 0.542. The molecular formula is C18H21ClN2O2S. The highest BCUT2D eigenvalue weighted by Gasteiger charge is 2.20. The largest absolute Gasteiger partial charge is 0.372 e. The predicted molar refractivity (Wildman–Crippen MR) is 100 cm³/mol. The van der Waals surface area contributed by atoms with Crippen LogP contribution in [0.4, 0.5) is 11.4 Å². The predicted octanol–water partition coefficient (Wildman–Crippen LogP) is 3.91. The normalized spacial score (nSPS) is 14.8. The Labute approximate surface area is 148 Å². The van der Waals surface area contributed by atoms with Crippen molar-refractivity contribution in [1.82, 2.24) is 0 Å². The summed E-state index contributed by atoms with van der Waals surface area (Å²) in [6, 6.07) is 14.7. The molecule has 0 aromatic heterocycles. The van der Waals surface area contributed by atoms with Gasteiger partial charge in [0.1, 0.15) is 0 Å². The first-order chi connectivity index (χ1) is 11.5. The molecule has 4 nitrogen and oxygen atoms in total. The molecule has 2 aromatic rings. The fourth-order valence-electron chi connectivity index (χ4n) is 2.94. The lowest BCUT2D eigenvalue weighted by Crippen LogP contribution is -2.28. The number of anilines is 2. The lowest BCUT2D eigenvalue weighted by Gasteiger charge is -2.22. The third kappa shape index (κ3) is 3.84. The van der Waals surface area contributed by atoms with Gasteiger partial charge in [0.2, 0.25) is 10.0 Å². The van der Waals surface area contributed by atoms with Crippen molar-refractivity contribution in [2.75, 3.05) is 29.3 Å². The molecule has 1 saturated heterocycles. The van der Waals surface area contributed by atoms with Gasteiger partial charge in [-0.3, -0.25) is 4.31 Å². The first-order valence-electron chi connectivity index (χ1n) is 8.02. The Balaban J connectivity index is 1.75. The molecule has 2 aromatic carbocycles. The average molecular weight is 365 g/mol. The summed E-state index contributed by atoms with van der Waals surface area (Å²) < 4.78 is 26.6. The molecule has 6 heteroatoms. The second-order valence-corrected chi connectivity index (χ2v) is 8.50. The quantitative estimate of drug-likeness (QED) is 0.807. The Kier molecular flexibility index (Phi) is 5.01. The Morgan fingerprint density at radius 3 is 2.38 bits per heavy atom. The zero-order valence-corrected chi connectivity index (χ0v) is 15.2. The SMILES string of the molecule is CN(c1ccc(N2CCCC2)cc1)S(=O)(=O)Cc1cccc(Cl)c1. The number of halogens is 1. The third-order valence-corrected chi connectivity index (χ3v) is 6.32. The lowest BCUT2D eigenvalue weighted by atomic mass is 10.2. The molecule has 1 fully saturated rings. The smallest absolute Gasteiger partial charge is 0.239 e. The van der Waals surface area contributed by atoms with Crippen molar-refractivity contribution in [3.8, 4) is 0 Å². The number of rotatable bonds is 5. The van der Waals surface area contributed by atoms with E-state index in [2.05, 4.69) is 4.90 Å².